The van der Waals surface area contributed by atoms with E-state index in [0.717, 1.165) is 15.6 Å². The van der Waals surface area contributed by atoms with Gasteiger partial charge in [0.05, 0.1) is 0 Å². The Labute approximate surface area is 301 Å². The summed E-state index contributed by atoms with van der Waals surface area (Å²) in [6, 6.07) is 29.2. The fraction of sp³-hybridized carbons (Fsp3) is 0.457. The van der Waals surface area contributed by atoms with Gasteiger partial charge in [0.2, 0.25) is 0 Å². The molecule has 7 nitrogen and oxygen atoms in total. The molecule has 1 fully saturated rings. The third-order valence-electron chi connectivity index (χ3n) is 8.28. The minimum absolute atomic E-state index is 0.00498. The summed E-state index contributed by atoms with van der Waals surface area (Å²) in [5, 5.41) is 2.54. The summed E-state index contributed by atoms with van der Waals surface area (Å²) in [6.45, 7) is 11.6. The second-order valence-corrected chi connectivity index (χ2v) is 22.7. The Bertz CT molecular complexity index is 1380. The summed E-state index contributed by atoms with van der Waals surface area (Å²) in [4.78, 5) is 13.2. The molecule has 0 saturated carbocycles. The van der Waals surface area contributed by atoms with Crippen molar-refractivity contribution < 1.29 is 28.2 Å². The van der Waals surface area contributed by atoms with Crippen molar-refractivity contribution in [2.75, 3.05) is 13.2 Å². The number of carbonyl (C=O) groups excluding carboxylic acids is 1. The van der Waals surface area contributed by atoms with Gasteiger partial charge >= 0.3 is 303 Å². The fourth-order valence-electron chi connectivity index (χ4n) is 4.69. The van der Waals surface area contributed by atoms with Crippen LogP contribution >= 0.6 is 34.8 Å². The molecule has 1 saturated heterocycles. The van der Waals surface area contributed by atoms with Gasteiger partial charge in [-0.15, -0.1) is 0 Å². The molecule has 1 heterocycles. The number of rotatable bonds is 13. The van der Waals surface area contributed by atoms with E-state index < -0.39 is 54.2 Å². The van der Waals surface area contributed by atoms with Gasteiger partial charge in [0, 0.05) is 0 Å². The Kier molecular flexibility index (Phi) is 14.1. The van der Waals surface area contributed by atoms with Crippen LogP contribution in [-0.4, -0.2) is 75.7 Å². The SMILES string of the molecule is CC(C)(C)[Si](C)(C)OC[C@H]1O[C@H]([Se]c2ccccc2)[C@H](NC(=O)OCC(Cl)(Cl)Cl)[C@@H](OCc2ccccc2)[C@H]1OCc1ccccc1. The number of amides is 1. The minimum atomic E-state index is -2.17. The summed E-state index contributed by atoms with van der Waals surface area (Å²) in [5.74, 6) is 0. The number of halogens is 3. The Balaban J connectivity index is 1.72. The van der Waals surface area contributed by atoms with Crippen molar-refractivity contribution in [2.24, 2.45) is 0 Å². The van der Waals surface area contributed by atoms with Gasteiger partial charge in [-0.2, -0.15) is 0 Å². The van der Waals surface area contributed by atoms with Crippen molar-refractivity contribution in [1.82, 2.24) is 5.32 Å². The normalized spacial score (nSPS) is 22.1. The average molecular weight is 788 g/mol. The van der Waals surface area contributed by atoms with Gasteiger partial charge < -0.3 is 0 Å². The molecule has 0 aliphatic carbocycles. The van der Waals surface area contributed by atoms with Gasteiger partial charge in [-0.05, 0) is 0 Å². The average Bonchev–Trinajstić information content (AvgIpc) is 3.03. The van der Waals surface area contributed by atoms with Crippen LogP contribution in [0.5, 0.6) is 0 Å². The van der Waals surface area contributed by atoms with E-state index in [1.807, 2.05) is 78.9 Å². The standard InChI is InChI=1S/C35H44Cl3NO6SeSi/c1-34(2,3)47(4,5)44-23-28-30(41-21-25-15-9-6-10-16-25)31(42-22-26-17-11-7-12-18-26)29(39-33(40)43-24-35(36,37)38)32(45-28)46-27-19-13-8-14-20-27/h6-20,28-32H,21-24H2,1-5H3,(H,39,40)/t28-,29-,30+,31-,32-/m1/s1. The van der Waals surface area contributed by atoms with Gasteiger partial charge in [-0.1, -0.05) is 0 Å². The number of ether oxygens (including phenoxy) is 4. The Morgan fingerprint density at radius 2 is 1.34 bits per heavy atom. The predicted molar refractivity (Wildman–Crippen MR) is 192 cm³/mol. The van der Waals surface area contributed by atoms with Gasteiger partial charge in [0.15, 0.2) is 0 Å². The first-order valence-corrected chi connectivity index (χ1v) is 21.4. The first kappa shape index (κ1) is 38.2. The van der Waals surface area contributed by atoms with Crippen molar-refractivity contribution in [3.63, 3.8) is 0 Å². The third-order valence-corrected chi connectivity index (χ3v) is 15.6. The van der Waals surface area contributed by atoms with E-state index in [4.69, 9.17) is 58.2 Å². The molecule has 1 amide bonds. The molecule has 1 N–H and O–H groups in total. The molecule has 0 aromatic heterocycles. The molecule has 3 aromatic rings. The van der Waals surface area contributed by atoms with Crippen LogP contribution in [0.25, 0.3) is 0 Å². The van der Waals surface area contributed by atoms with Crippen molar-refractivity contribution in [2.45, 2.75) is 85.3 Å². The molecular weight excluding hydrogens is 744 g/mol. The summed E-state index contributed by atoms with van der Waals surface area (Å²) in [7, 11) is -2.17. The maximum atomic E-state index is 13.2. The zero-order valence-electron chi connectivity index (χ0n) is 27.4. The molecule has 47 heavy (non-hydrogen) atoms. The Morgan fingerprint density at radius 1 is 0.830 bits per heavy atom. The van der Waals surface area contributed by atoms with E-state index in [2.05, 4.69) is 51.3 Å². The van der Waals surface area contributed by atoms with Gasteiger partial charge in [0.1, 0.15) is 0 Å². The van der Waals surface area contributed by atoms with Crippen LogP contribution in [-0.2, 0) is 36.6 Å². The van der Waals surface area contributed by atoms with E-state index >= 15 is 0 Å². The van der Waals surface area contributed by atoms with Crippen LogP contribution in [0.1, 0.15) is 31.9 Å². The summed E-state index contributed by atoms with van der Waals surface area (Å²) in [6.07, 6.45) is -2.48. The second kappa shape index (κ2) is 17.3. The molecule has 0 unspecified atom stereocenters. The van der Waals surface area contributed by atoms with Crippen molar-refractivity contribution in [3.05, 3.63) is 102 Å². The Hall–Kier alpha value is -1.62. The van der Waals surface area contributed by atoms with Crippen LogP contribution in [0.2, 0.25) is 18.1 Å². The van der Waals surface area contributed by atoms with Crippen molar-refractivity contribution >= 4 is 68.6 Å². The molecule has 3 aromatic carbocycles. The van der Waals surface area contributed by atoms with E-state index in [9.17, 15) is 4.79 Å². The number of nitrogens with one attached hydrogen (secondary N) is 1. The van der Waals surface area contributed by atoms with E-state index in [0.29, 0.717) is 19.8 Å². The first-order chi connectivity index (χ1) is 22.2. The van der Waals surface area contributed by atoms with Crippen molar-refractivity contribution in [3.8, 4) is 0 Å². The number of hydrogen-bond donors (Lipinski definition) is 1. The monoisotopic (exact) mass is 787 g/mol. The van der Waals surface area contributed by atoms with E-state index in [1.54, 1.807) is 0 Å². The maximum absolute atomic E-state index is 13.2. The quantitative estimate of drug-likeness (QED) is 0.144. The second-order valence-electron chi connectivity index (χ2n) is 12.9. The molecule has 4 rings (SSSR count). The predicted octanol–water partition coefficient (Wildman–Crippen LogP) is 7.40. The number of alkyl halides is 3. The zero-order chi connectivity index (χ0) is 34.1. The van der Waals surface area contributed by atoms with Crippen LogP contribution in [0.15, 0.2) is 91.0 Å². The number of alkyl carbamates (subject to hydrolysis) is 1. The number of benzene rings is 3. The fourth-order valence-corrected chi connectivity index (χ4v) is 8.28. The summed E-state index contributed by atoms with van der Waals surface area (Å²) < 4.78 is 31.8. The first-order valence-electron chi connectivity index (χ1n) is 15.5. The molecule has 0 spiro atoms. The van der Waals surface area contributed by atoms with Crippen molar-refractivity contribution in [1.29, 1.82) is 0 Å². The van der Waals surface area contributed by atoms with Crippen LogP contribution in [0, 0.1) is 0 Å². The van der Waals surface area contributed by atoms with Gasteiger partial charge in [-0.3, -0.25) is 0 Å². The van der Waals surface area contributed by atoms with Crippen LogP contribution < -0.4 is 9.78 Å². The zero-order valence-corrected chi connectivity index (χ0v) is 32.3. The van der Waals surface area contributed by atoms with E-state index in [-0.39, 0.29) is 20.0 Å². The molecular formula is C35H44Cl3NO6SeSi. The summed E-state index contributed by atoms with van der Waals surface area (Å²) in [5.41, 5.74) is 1.98. The third kappa shape index (κ3) is 12.0. The molecule has 0 bridgehead atoms. The number of carbonyl (C=O) groups is 1. The molecule has 0 radical (unpaired) electrons. The molecule has 256 valence electrons. The molecule has 1 aliphatic rings. The molecule has 5 atom stereocenters. The van der Waals surface area contributed by atoms with Gasteiger partial charge in [-0.25, -0.2) is 0 Å². The molecule has 12 heteroatoms. The topological polar surface area (TPSA) is 75.3 Å². The number of hydrogen-bond acceptors (Lipinski definition) is 6. The van der Waals surface area contributed by atoms with Gasteiger partial charge in [0.25, 0.3) is 0 Å². The van der Waals surface area contributed by atoms with Crippen LogP contribution in [0.3, 0.4) is 0 Å². The van der Waals surface area contributed by atoms with E-state index in [1.165, 1.54) is 0 Å². The molecule has 1 aliphatic heterocycles. The van der Waals surface area contributed by atoms with Crippen LogP contribution in [0.4, 0.5) is 4.79 Å². The summed E-state index contributed by atoms with van der Waals surface area (Å²) >= 11 is 17.4. The Morgan fingerprint density at radius 3 is 1.85 bits per heavy atom.